The maximum absolute atomic E-state index is 13.1. The lowest BCUT2D eigenvalue weighted by atomic mass is 9.97. The second-order valence-corrected chi connectivity index (χ2v) is 7.80. The van der Waals surface area contributed by atoms with Gasteiger partial charge in [-0.25, -0.2) is 17.5 Å². The van der Waals surface area contributed by atoms with Crippen molar-refractivity contribution in [3.8, 4) is 0 Å². The molecule has 0 radical (unpaired) electrons. The molecule has 0 aromatic heterocycles. The standard InChI is InChI=1S/C15H23FN2O2S/c1-12-10-13(16)6-7-14(12)21(19,20)17-11-15(18(2)3)8-4-5-9-15/h6-7,10,17H,4-5,8-9,11H2,1-3H3. The highest BCUT2D eigenvalue weighted by molar-refractivity contribution is 7.89. The zero-order valence-corrected chi connectivity index (χ0v) is 13.6. The summed E-state index contributed by atoms with van der Waals surface area (Å²) < 4.78 is 40.7. The van der Waals surface area contributed by atoms with Crippen LogP contribution in [0.15, 0.2) is 23.1 Å². The molecule has 1 aliphatic carbocycles. The molecule has 0 saturated heterocycles. The van der Waals surface area contributed by atoms with Crippen LogP contribution in [-0.2, 0) is 10.0 Å². The van der Waals surface area contributed by atoms with Gasteiger partial charge in [0, 0.05) is 12.1 Å². The summed E-state index contributed by atoms with van der Waals surface area (Å²) in [7, 11) is 0.368. The third-order valence-electron chi connectivity index (χ3n) is 4.50. The van der Waals surface area contributed by atoms with E-state index in [9.17, 15) is 12.8 Å². The monoisotopic (exact) mass is 314 g/mol. The van der Waals surface area contributed by atoms with Crippen LogP contribution in [0.5, 0.6) is 0 Å². The first kappa shape index (κ1) is 16.4. The fourth-order valence-corrected chi connectivity index (χ4v) is 4.38. The molecule has 0 spiro atoms. The minimum atomic E-state index is -3.61. The Labute approximate surface area is 126 Å². The van der Waals surface area contributed by atoms with Gasteiger partial charge in [-0.05, 0) is 57.6 Å². The molecule has 2 rings (SSSR count). The molecule has 0 bridgehead atoms. The van der Waals surface area contributed by atoms with E-state index in [2.05, 4.69) is 9.62 Å². The number of sulfonamides is 1. The summed E-state index contributed by atoms with van der Waals surface area (Å²) in [5.41, 5.74) is 0.314. The Kier molecular flexibility index (Phi) is 4.70. The molecule has 0 atom stereocenters. The third kappa shape index (κ3) is 3.44. The van der Waals surface area contributed by atoms with Gasteiger partial charge in [0.1, 0.15) is 5.82 Å². The normalized spacial score (nSPS) is 18.3. The zero-order chi connectivity index (χ0) is 15.7. The summed E-state index contributed by atoms with van der Waals surface area (Å²) >= 11 is 0. The molecule has 0 heterocycles. The molecule has 1 aromatic rings. The highest BCUT2D eigenvalue weighted by Crippen LogP contribution is 2.33. The Morgan fingerprint density at radius 1 is 1.29 bits per heavy atom. The van der Waals surface area contributed by atoms with E-state index >= 15 is 0 Å². The van der Waals surface area contributed by atoms with Gasteiger partial charge in [0.2, 0.25) is 10.0 Å². The number of nitrogens with one attached hydrogen (secondary N) is 1. The van der Waals surface area contributed by atoms with Crippen molar-refractivity contribution in [2.45, 2.75) is 43.0 Å². The van der Waals surface area contributed by atoms with Crippen molar-refractivity contribution in [3.63, 3.8) is 0 Å². The number of hydrogen-bond donors (Lipinski definition) is 1. The van der Waals surface area contributed by atoms with Crippen LogP contribution in [0.4, 0.5) is 4.39 Å². The molecular formula is C15H23FN2O2S. The van der Waals surface area contributed by atoms with E-state index in [4.69, 9.17) is 0 Å². The number of rotatable bonds is 5. The fourth-order valence-electron chi connectivity index (χ4n) is 3.04. The number of halogens is 1. The van der Waals surface area contributed by atoms with E-state index in [1.165, 1.54) is 18.2 Å². The van der Waals surface area contributed by atoms with Crippen LogP contribution in [0.3, 0.4) is 0 Å². The Morgan fingerprint density at radius 2 is 1.90 bits per heavy atom. The van der Waals surface area contributed by atoms with Crippen molar-refractivity contribution in [3.05, 3.63) is 29.6 Å². The molecule has 1 aromatic carbocycles. The lowest BCUT2D eigenvalue weighted by Gasteiger charge is -2.36. The molecule has 4 nitrogen and oxygen atoms in total. The summed E-state index contributed by atoms with van der Waals surface area (Å²) in [6.07, 6.45) is 4.22. The Balaban J connectivity index is 2.18. The Bertz CT molecular complexity index is 608. The van der Waals surface area contributed by atoms with Crippen molar-refractivity contribution < 1.29 is 12.8 Å². The van der Waals surface area contributed by atoms with E-state index in [1.807, 2.05) is 14.1 Å². The van der Waals surface area contributed by atoms with Crippen LogP contribution in [0.25, 0.3) is 0 Å². The summed E-state index contributed by atoms with van der Waals surface area (Å²) in [6, 6.07) is 3.74. The van der Waals surface area contributed by atoms with Crippen LogP contribution in [-0.4, -0.2) is 39.5 Å². The first-order valence-electron chi connectivity index (χ1n) is 7.20. The maximum atomic E-state index is 13.1. The van der Waals surface area contributed by atoms with Gasteiger partial charge < -0.3 is 4.90 Å². The number of likely N-dealkylation sites (N-methyl/N-ethyl adjacent to an activating group) is 1. The van der Waals surface area contributed by atoms with Gasteiger partial charge in [0.15, 0.2) is 0 Å². The SMILES string of the molecule is Cc1cc(F)ccc1S(=O)(=O)NCC1(N(C)C)CCCC1. The van der Waals surface area contributed by atoms with Gasteiger partial charge in [-0.15, -0.1) is 0 Å². The van der Waals surface area contributed by atoms with Crippen molar-refractivity contribution in [2.75, 3.05) is 20.6 Å². The number of nitrogens with zero attached hydrogens (tertiary/aromatic N) is 1. The van der Waals surface area contributed by atoms with Crippen LogP contribution in [0.2, 0.25) is 0 Å². The largest absolute Gasteiger partial charge is 0.302 e. The average Bonchev–Trinajstić information content (AvgIpc) is 2.86. The summed E-state index contributed by atoms with van der Waals surface area (Å²) in [6.45, 7) is 1.99. The molecule has 1 N–H and O–H groups in total. The van der Waals surface area contributed by atoms with Crippen LogP contribution in [0.1, 0.15) is 31.2 Å². The Morgan fingerprint density at radius 3 is 2.43 bits per heavy atom. The third-order valence-corrected chi connectivity index (χ3v) is 6.06. The molecule has 1 aliphatic rings. The van der Waals surface area contributed by atoms with Crippen LogP contribution >= 0.6 is 0 Å². The first-order chi connectivity index (χ1) is 9.77. The van der Waals surface area contributed by atoms with Crippen molar-refractivity contribution >= 4 is 10.0 Å². The van der Waals surface area contributed by atoms with Gasteiger partial charge in [-0.1, -0.05) is 12.8 Å². The van der Waals surface area contributed by atoms with E-state index in [1.54, 1.807) is 6.92 Å². The van der Waals surface area contributed by atoms with Gasteiger partial charge in [-0.2, -0.15) is 0 Å². The highest BCUT2D eigenvalue weighted by atomic mass is 32.2. The van der Waals surface area contributed by atoms with Crippen LogP contribution < -0.4 is 4.72 Å². The van der Waals surface area contributed by atoms with E-state index in [-0.39, 0.29) is 10.4 Å². The van der Waals surface area contributed by atoms with Gasteiger partial charge in [0.25, 0.3) is 0 Å². The molecule has 21 heavy (non-hydrogen) atoms. The van der Waals surface area contributed by atoms with Gasteiger partial charge in [-0.3, -0.25) is 0 Å². The smallest absolute Gasteiger partial charge is 0.240 e. The second kappa shape index (κ2) is 6.02. The topological polar surface area (TPSA) is 49.4 Å². The van der Waals surface area contributed by atoms with E-state index in [0.29, 0.717) is 12.1 Å². The van der Waals surface area contributed by atoms with E-state index < -0.39 is 15.8 Å². The zero-order valence-electron chi connectivity index (χ0n) is 12.8. The summed E-state index contributed by atoms with van der Waals surface area (Å²) in [5, 5.41) is 0. The van der Waals surface area contributed by atoms with E-state index in [0.717, 1.165) is 25.7 Å². The molecule has 6 heteroatoms. The lowest BCUT2D eigenvalue weighted by Crippen LogP contribution is -2.50. The first-order valence-corrected chi connectivity index (χ1v) is 8.68. The minimum Gasteiger partial charge on any atom is -0.302 e. The molecular weight excluding hydrogens is 291 g/mol. The highest BCUT2D eigenvalue weighted by Gasteiger charge is 2.37. The van der Waals surface area contributed by atoms with Crippen LogP contribution in [0, 0.1) is 12.7 Å². The molecule has 0 unspecified atom stereocenters. The Hall–Kier alpha value is -0.980. The minimum absolute atomic E-state index is 0.110. The van der Waals surface area contributed by atoms with Crippen molar-refractivity contribution in [1.82, 2.24) is 9.62 Å². The van der Waals surface area contributed by atoms with Crippen molar-refractivity contribution in [1.29, 1.82) is 0 Å². The predicted octanol–water partition coefficient (Wildman–Crippen LogP) is 2.29. The second-order valence-electron chi connectivity index (χ2n) is 6.06. The summed E-state index contributed by atoms with van der Waals surface area (Å²) in [5.74, 6) is -0.424. The van der Waals surface area contributed by atoms with Crippen molar-refractivity contribution in [2.24, 2.45) is 0 Å². The average molecular weight is 314 g/mol. The predicted molar refractivity (Wildman–Crippen MR) is 81.2 cm³/mol. The lowest BCUT2D eigenvalue weighted by molar-refractivity contribution is 0.162. The van der Waals surface area contributed by atoms with Gasteiger partial charge in [0.05, 0.1) is 4.90 Å². The number of benzene rings is 1. The molecule has 0 aliphatic heterocycles. The maximum Gasteiger partial charge on any atom is 0.240 e. The molecule has 1 fully saturated rings. The quantitative estimate of drug-likeness (QED) is 0.907. The summed E-state index contributed by atoms with van der Waals surface area (Å²) in [4.78, 5) is 2.26. The van der Waals surface area contributed by atoms with Gasteiger partial charge >= 0.3 is 0 Å². The molecule has 118 valence electrons. The number of hydrogen-bond acceptors (Lipinski definition) is 3. The number of aryl methyl sites for hydroxylation is 1. The fraction of sp³-hybridized carbons (Fsp3) is 0.600. The molecule has 1 saturated carbocycles. The molecule has 0 amide bonds.